The molecule has 0 fully saturated rings. The zero-order valence-corrected chi connectivity index (χ0v) is 17.7. The Morgan fingerprint density at radius 2 is 1.77 bits per heavy atom. The van der Waals surface area contributed by atoms with Crippen LogP contribution in [-0.4, -0.2) is 44.6 Å². The Labute approximate surface area is 181 Å². The Balaban J connectivity index is 1.92. The van der Waals surface area contributed by atoms with E-state index in [4.69, 9.17) is 0 Å². The number of nitrogens with zero attached hydrogens (tertiary/aromatic N) is 2. The van der Waals surface area contributed by atoms with Crippen LogP contribution in [0.25, 0.3) is 11.0 Å². The van der Waals surface area contributed by atoms with Gasteiger partial charge >= 0.3 is 6.18 Å². The van der Waals surface area contributed by atoms with E-state index in [0.717, 1.165) is 15.2 Å². The van der Waals surface area contributed by atoms with Crippen LogP contribution in [0, 0.1) is 0 Å². The number of benzene rings is 2. The molecule has 31 heavy (non-hydrogen) atoms. The number of rotatable bonds is 7. The molecule has 1 aromatic heterocycles. The van der Waals surface area contributed by atoms with Crippen LogP contribution < -0.4 is 5.32 Å². The number of carbonyl (C=O) groups excluding carboxylic acids is 1. The number of aryl methyl sites for hydroxylation is 1. The second kappa shape index (κ2) is 8.89. The van der Waals surface area contributed by atoms with Crippen LogP contribution in [0.2, 0.25) is 0 Å². The predicted octanol–water partition coefficient (Wildman–Crippen LogP) is 3.31. The number of nitrogens with one attached hydrogen (secondary N) is 1. The summed E-state index contributed by atoms with van der Waals surface area (Å²) in [6, 6.07) is 11.1. The third-order valence-electron chi connectivity index (χ3n) is 5.01. The van der Waals surface area contributed by atoms with Crippen molar-refractivity contribution in [1.29, 1.82) is 0 Å². The van der Waals surface area contributed by atoms with Gasteiger partial charge in [-0.25, -0.2) is 4.98 Å². The normalized spacial score (nSPS) is 12.4. The van der Waals surface area contributed by atoms with E-state index in [2.05, 4.69) is 10.3 Å². The van der Waals surface area contributed by atoms with Crippen molar-refractivity contribution in [1.82, 2.24) is 14.9 Å². The highest BCUT2D eigenvalue weighted by atomic mass is 32.2. The van der Waals surface area contributed by atoms with Gasteiger partial charge in [0.25, 0.3) is 5.91 Å². The van der Waals surface area contributed by atoms with Gasteiger partial charge in [0.15, 0.2) is 0 Å². The molecule has 3 rings (SSSR count). The molecule has 0 spiro atoms. The summed E-state index contributed by atoms with van der Waals surface area (Å²) in [5, 5.41) is 22.6. The number of aliphatic hydroxyl groups excluding tert-OH is 2. The Morgan fingerprint density at radius 3 is 2.32 bits per heavy atom. The van der Waals surface area contributed by atoms with Crippen molar-refractivity contribution in [3.05, 3.63) is 59.4 Å². The van der Waals surface area contributed by atoms with E-state index in [-0.39, 0.29) is 16.6 Å². The predicted molar refractivity (Wildman–Crippen MR) is 112 cm³/mol. The molecule has 10 heteroatoms. The summed E-state index contributed by atoms with van der Waals surface area (Å²) in [5.74, 6) is -0.839. The molecule has 0 saturated heterocycles. The maximum Gasteiger partial charge on any atom is 0.449 e. The van der Waals surface area contributed by atoms with Crippen molar-refractivity contribution in [2.45, 2.75) is 23.5 Å². The molecule has 0 atom stereocenters. The van der Waals surface area contributed by atoms with Gasteiger partial charge in [0, 0.05) is 17.5 Å². The van der Waals surface area contributed by atoms with Crippen molar-refractivity contribution >= 4 is 28.7 Å². The molecule has 0 aliphatic rings. The standard InChI is InChI=1S/C21H22F3N3O3S/c1-3-31-15-7-5-14(6-8-15)20(11-28,12-29)26-18(30)13-4-9-17-16(10-13)25-19(27(17)2)21(22,23)24/h4-10,28-29H,3,11-12H2,1-2H3,(H,26,30). The van der Waals surface area contributed by atoms with Crippen LogP contribution in [0.4, 0.5) is 13.2 Å². The maximum absolute atomic E-state index is 13.1. The summed E-state index contributed by atoms with van der Waals surface area (Å²) >= 11 is 1.63. The molecular formula is C21H22F3N3O3S. The van der Waals surface area contributed by atoms with Gasteiger partial charge in [0.05, 0.1) is 24.2 Å². The fraction of sp³-hybridized carbons (Fsp3) is 0.333. The van der Waals surface area contributed by atoms with Gasteiger partial charge in [-0.3, -0.25) is 4.79 Å². The fourth-order valence-corrected chi connectivity index (χ4v) is 3.97. The fourth-order valence-electron chi connectivity index (χ4n) is 3.30. The van der Waals surface area contributed by atoms with E-state index in [9.17, 15) is 28.2 Å². The number of amides is 1. The van der Waals surface area contributed by atoms with E-state index in [1.807, 2.05) is 19.1 Å². The first-order valence-electron chi connectivity index (χ1n) is 9.46. The lowest BCUT2D eigenvalue weighted by Crippen LogP contribution is -2.51. The monoisotopic (exact) mass is 453 g/mol. The second-order valence-corrected chi connectivity index (χ2v) is 8.34. The second-order valence-electron chi connectivity index (χ2n) is 7.01. The van der Waals surface area contributed by atoms with Crippen molar-refractivity contribution in [2.24, 2.45) is 7.05 Å². The lowest BCUT2D eigenvalue weighted by Gasteiger charge is -2.31. The lowest BCUT2D eigenvalue weighted by atomic mass is 9.91. The number of thioether (sulfide) groups is 1. The smallest absolute Gasteiger partial charge is 0.393 e. The molecule has 0 bridgehead atoms. The van der Waals surface area contributed by atoms with Crippen LogP contribution in [0.3, 0.4) is 0 Å². The molecule has 3 aromatic rings. The summed E-state index contributed by atoms with van der Waals surface area (Å²) in [7, 11) is 1.25. The first-order chi connectivity index (χ1) is 14.6. The van der Waals surface area contributed by atoms with Crippen molar-refractivity contribution < 1.29 is 28.2 Å². The Morgan fingerprint density at radius 1 is 1.13 bits per heavy atom. The molecule has 0 radical (unpaired) electrons. The highest BCUT2D eigenvalue weighted by molar-refractivity contribution is 7.99. The molecule has 2 aromatic carbocycles. The molecule has 3 N–H and O–H groups in total. The Hall–Kier alpha value is -2.56. The van der Waals surface area contributed by atoms with Gasteiger partial charge in [-0.15, -0.1) is 11.8 Å². The van der Waals surface area contributed by atoms with Gasteiger partial charge in [-0.2, -0.15) is 13.2 Å². The van der Waals surface area contributed by atoms with Gasteiger partial charge < -0.3 is 20.1 Å². The van der Waals surface area contributed by atoms with Crippen molar-refractivity contribution in [3.8, 4) is 0 Å². The molecular weight excluding hydrogens is 431 g/mol. The minimum atomic E-state index is -4.62. The maximum atomic E-state index is 13.1. The number of hydrogen-bond donors (Lipinski definition) is 3. The zero-order valence-electron chi connectivity index (χ0n) is 16.9. The van der Waals surface area contributed by atoms with E-state index in [1.165, 1.54) is 25.2 Å². The first-order valence-corrected chi connectivity index (χ1v) is 10.4. The third kappa shape index (κ3) is 4.56. The average molecular weight is 453 g/mol. The molecule has 0 aliphatic carbocycles. The minimum Gasteiger partial charge on any atom is -0.393 e. The summed E-state index contributed by atoms with van der Waals surface area (Å²) in [6.45, 7) is 0.875. The molecule has 6 nitrogen and oxygen atoms in total. The molecule has 0 aliphatic heterocycles. The topological polar surface area (TPSA) is 87.4 Å². The van der Waals surface area contributed by atoms with E-state index < -0.39 is 36.7 Å². The average Bonchev–Trinajstić information content (AvgIpc) is 3.09. The van der Waals surface area contributed by atoms with Gasteiger partial charge in [0.1, 0.15) is 5.54 Å². The van der Waals surface area contributed by atoms with Crippen LogP contribution in [0.5, 0.6) is 0 Å². The van der Waals surface area contributed by atoms with Crippen molar-refractivity contribution in [3.63, 3.8) is 0 Å². The molecule has 0 saturated carbocycles. The molecule has 0 unspecified atom stereocenters. The number of aliphatic hydroxyl groups is 2. The zero-order chi connectivity index (χ0) is 22.8. The van der Waals surface area contributed by atoms with Gasteiger partial charge in [-0.05, 0) is 41.6 Å². The van der Waals surface area contributed by atoms with Crippen LogP contribution in [0.15, 0.2) is 47.4 Å². The summed E-state index contributed by atoms with van der Waals surface area (Å²) in [6.07, 6.45) is -4.62. The molecule has 1 amide bonds. The summed E-state index contributed by atoms with van der Waals surface area (Å²) in [4.78, 5) is 17.5. The van der Waals surface area contributed by atoms with Gasteiger partial charge in [0.2, 0.25) is 5.82 Å². The van der Waals surface area contributed by atoms with Crippen molar-refractivity contribution in [2.75, 3.05) is 19.0 Å². The molecule has 166 valence electrons. The van der Waals surface area contributed by atoms with Crippen LogP contribution in [-0.2, 0) is 18.8 Å². The Bertz CT molecular complexity index is 1080. The minimum absolute atomic E-state index is 0.0158. The van der Waals surface area contributed by atoms with E-state index in [1.54, 1.807) is 23.9 Å². The summed E-state index contributed by atoms with van der Waals surface area (Å²) < 4.78 is 40.2. The largest absolute Gasteiger partial charge is 0.449 e. The Kier molecular flexibility index (Phi) is 6.63. The van der Waals surface area contributed by atoms with Crippen LogP contribution in [0.1, 0.15) is 28.7 Å². The highest BCUT2D eigenvalue weighted by Gasteiger charge is 2.37. The highest BCUT2D eigenvalue weighted by Crippen LogP contribution is 2.31. The number of carbonyl (C=O) groups is 1. The van der Waals surface area contributed by atoms with E-state index in [0.29, 0.717) is 5.56 Å². The third-order valence-corrected chi connectivity index (χ3v) is 5.90. The number of halogens is 3. The number of hydrogen-bond acceptors (Lipinski definition) is 5. The number of alkyl halides is 3. The lowest BCUT2D eigenvalue weighted by molar-refractivity contribution is -0.146. The first kappa shape index (κ1) is 23.1. The number of aromatic nitrogens is 2. The SMILES string of the molecule is CCSc1ccc(C(CO)(CO)NC(=O)c2ccc3c(c2)nc(C(F)(F)F)n3C)cc1. The van der Waals surface area contributed by atoms with E-state index >= 15 is 0 Å². The number of fused-ring (bicyclic) bond motifs is 1. The van der Waals surface area contributed by atoms with Crippen LogP contribution >= 0.6 is 11.8 Å². The van der Waals surface area contributed by atoms with Gasteiger partial charge in [-0.1, -0.05) is 19.1 Å². The summed E-state index contributed by atoms with van der Waals surface area (Å²) in [5.41, 5.74) is -0.651. The quantitative estimate of drug-likeness (QED) is 0.478. The number of imidazole rings is 1. The molecule has 1 heterocycles.